The number of rotatable bonds is 5. The number of aryl methyl sites for hydroxylation is 1. The van der Waals surface area contributed by atoms with Crippen LogP contribution in [0.5, 0.6) is 0 Å². The maximum atomic E-state index is 9.53. The third kappa shape index (κ3) is 4.14. The average molecular weight is 360 g/mol. The molecule has 0 aliphatic carbocycles. The Morgan fingerprint density at radius 2 is 1.96 bits per heavy atom. The molecule has 0 unspecified atom stereocenters. The summed E-state index contributed by atoms with van der Waals surface area (Å²) in [6, 6.07) is 10.7. The van der Waals surface area contributed by atoms with Gasteiger partial charge in [0.1, 0.15) is 5.82 Å². The van der Waals surface area contributed by atoms with Crippen molar-refractivity contribution in [3.05, 3.63) is 58.2 Å². The standard InChI is InChI=1S/C20H26ClN3O/c1-15-12-22-20(19(21)16(15)2)24-10-9-23(14-18(24)8-11-25)13-17-6-4-3-5-7-17/h3-7,12,18,25H,8-11,13-14H2,1-2H3/t18-/m0/s1. The second kappa shape index (κ2) is 8.17. The first-order valence-corrected chi connectivity index (χ1v) is 9.23. The van der Waals surface area contributed by atoms with Gasteiger partial charge in [-0.25, -0.2) is 4.98 Å². The zero-order valence-corrected chi connectivity index (χ0v) is 15.7. The van der Waals surface area contributed by atoms with Crippen LogP contribution < -0.4 is 4.90 Å². The second-order valence-corrected chi connectivity index (χ2v) is 7.16. The van der Waals surface area contributed by atoms with Gasteiger partial charge in [-0.1, -0.05) is 41.9 Å². The molecule has 1 aromatic carbocycles. The number of piperazine rings is 1. The van der Waals surface area contributed by atoms with E-state index in [4.69, 9.17) is 11.6 Å². The summed E-state index contributed by atoms with van der Waals surface area (Å²) < 4.78 is 0. The third-order valence-corrected chi connectivity index (χ3v) is 5.50. The van der Waals surface area contributed by atoms with E-state index in [2.05, 4.69) is 39.0 Å². The van der Waals surface area contributed by atoms with Crippen LogP contribution >= 0.6 is 11.6 Å². The van der Waals surface area contributed by atoms with Crippen molar-refractivity contribution < 1.29 is 5.11 Å². The number of hydrogen-bond acceptors (Lipinski definition) is 4. The number of anilines is 1. The van der Waals surface area contributed by atoms with Crippen LogP contribution in [0, 0.1) is 13.8 Å². The largest absolute Gasteiger partial charge is 0.396 e. The predicted molar refractivity (Wildman–Crippen MR) is 103 cm³/mol. The number of aliphatic hydroxyl groups is 1. The minimum Gasteiger partial charge on any atom is -0.396 e. The molecule has 5 heteroatoms. The van der Waals surface area contributed by atoms with Crippen LogP contribution in [0.1, 0.15) is 23.1 Å². The molecule has 4 nitrogen and oxygen atoms in total. The van der Waals surface area contributed by atoms with Gasteiger partial charge in [-0.15, -0.1) is 0 Å². The first-order valence-electron chi connectivity index (χ1n) is 8.85. The Kier molecular flexibility index (Phi) is 5.94. The third-order valence-electron chi connectivity index (χ3n) is 5.05. The Hall–Kier alpha value is -1.62. The Morgan fingerprint density at radius 3 is 2.68 bits per heavy atom. The molecule has 2 heterocycles. The van der Waals surface area contributed by atoms with E-state index in [9.17, 15) is 5.11 Å². The summed E-state index contributed by atoms with van der Waals surface area (Å²) in [5, 5.41) is 10.3. The van der Waals surface area contributed by atoms with Crippen molar-refractivity contribution in [1.82, 2.24) is 9.88 Å². The topological polar surface area (TPSA) is 39.6 Å². The Balaban J connectivity index is 1.77. The van der Waals surface area contributed by atoms with Crippen LogP contribution in [0.3, 0.4) is 0 Å². The van der Waals surface area contributed by atoms with Crippen LogP contribution in [0.2, 0.25) is 5.02 Å². The van der Waals surface area contributed by atoms with Crippen molar-refractivity contribution in [1.29, 1.82) is 0 Å². The summed E-state index contributed by atoms with van der Waals surface area (Å²) in [4.78, 5) is 9.31. The van der Waals surface area contributed by atoms with Crippen LogP contribution in [0.25, 0.3) is 0 Å². The maximum Gasteiger partial charge on any atom is 0.147 e. The van der Waals surface area contributed by atoms with Gasteiger partial charge in [0.25, 0.3) is 0 Å². The highest BCUT2D eigenvalue weighted by Crippen LogP contribution is 2.31. The highest BCUT2D eigenvalue weighted by atomic mass is 35.5. The van der Waals surface area contributed by atoms with Gasteiger partial charge in [-0.2, -0.15) is 0 Å². The molecular weight excluding hydrogens is 334 g/mol. The quantitative estimate of drug-likeness (QED) is 0.887. The lowest BCUT2D eigenvalue weighted by molar-refractivity contribution is 0.188. The van der Waals surface area contributed by atoms with E-state index < -0.39 is 0 Å². The lowest BCUT2D eigenvalue weighted by atomic mass is 10.1. The first-order chi connectivity index (χ1) is 12.1. The van der Waals surface area contributed by atoms with E-state index in [0.29, 0.717) is 0 Å². The molecule has 1 aromatic heterocycles. The lowest BCUT2D eigenvalue weighted by Gasteiger charge is -2.42. The fourth-order valence-corrected chi connectivity index (χ4v) is 3.74. The number of aliphatic hydroxyl groups excluding tert-OH is 1. The van der Waals surface area contributed by atoms with Crippen molar-refractivity contribution in [3.63, 3.8) is 0 Å². The van der Waals surface area contributed by atoms with Gasteiger partial charge < -0.3 is 10.0 Å². The van der Waals surface area contributed by atoms with Gasteiger partial charge in [-0.3, -0.25) is 4.90 Å². The van der Waals surface area contributed by atoms with Gasteiger partial charge in [-0.05, 0) is 37.0 Å². The SMILES string of the molecule is Cc1cnc(N2CCN(Cc3ccccc3)C[C@@H]2CCO)c(Cl)c1C. The summed E-state index contributed by atoms with van der Waals surface area (Å²) in [7, 11) is 0. The molecule has 0 radical (unpaired) electrons. The summed E-state index contributed by atoms with van der Waals surface area (Å²) >= 11 is 6.58. The molecule has 0 bridgehead atoms. The molecule has 1 N–H and O–H groups in total. The number of halogens is 1. The Morgan fingerprint density at radius 1 is 1.20 bits per heavy atom. The maximum absolute atomic E-state index is 9.53. The molecule has 1 aliphatic heterocycles. The molecule has 3 rings (SSSR count). The van der Waals surface area contributed by atoms with Crippen molar-refractivity contribution in [2.45, 2.75) is 32.9 Å². The highest BCUT2D eigenvalue weighted by Gasteiger charge is 2.29. The zero-order valence-electron chi connectivity index (χ0n) is 15.0. The first kappa shape index (κ1) is 18.2. The summed E-state index contributed by atoms with van der Waals surface area (Å²) in [5.41, 5.74) is 3.51. The van der Waals surface area contributed by atoms with Gasteiger partial charge in [0.05, 0.1) is 5.02 Å². The molecule has 0 spiro atoms. The zero-order chi connectivity index (χ0) is 17.8. The minimum atomic E-state index is 0.169. The molecule has 0 amide bonds. The number of hydrogen-bond donors (Lipinski definition) is 1. The second-order valence-electron chi connectivity index (χ2n) is 6.78. The Labute approximate surface area is 155 Å². The van der Waals surface area contributed by atoms with Gasteiger partial charge >= 0.3 is 0 Å². The summed E-state index contributed by atoms with van der Waals surface area (Å²) in [6.07, 6.45) is 2.61. The number of benzene rings is 1. The molecule has 0 saturated carbocycles. The van der Waals surface area contributed by atoms with Gasteiger partial charge in [0.2, 0.25) is 0 Å². The Bertz CT molecular complexity index is 708. The van der Waals surface area contributed by atoms with E-state index in [1.54, 1.807) is 0 Å². The normalized spacial score (nSPS) is 18.6. The van der Waals surface area contributed by atoms with Crippen molar-refractivity contribution in [2.75, 3.05) is 31.1 Å². The van der Waals surface area contributed by atoms with Gasteiger partial charge in [0.15, 0.2) is 0 Å². The minimum absolute atomic E-state index is 0.169. The number of nitrogens with zero attached hydrogens (tertiary/aromatic N) is 3. The van der Waals surface area contributed by atoms with E-state index in [1.807, 2.05) is 26.1 Å². The van der Waals surface area contributed by atoms with E-state index in [0.717, 1.165) is 54.6 Å². The van der Waals surface area contributed by atoms with Gasteiger partial charge in [0, 0.05) is 45.0 Å². The lowest BCUT2D eigenvalue weighted by Crippen LogP contribution is -2.53. The van der Waals surface area contributed by atoms with E-state index in [1.165, 1.54) is 5.56 Å². The molecular formula is C20H26ClN3O. The summed E-state index contributed by atoms with van der Waals surface area (Å²) in [6.45, 7) is 7.90. The molecule has 134 valence electrons. The highest BCUT2D eigenvalue weighted by molar-refractivity contribution is 6.33. The monoisotopic (exact) mass is 359 g/mol. The molecule has 1 aliphatic rings. The number of aromatic nitrogens is 1. The molecule has 2 aromatic rings. The van der Waals surface area contributed by atoms with E-state index >= 15 is 0 Å². The molecule has 1 fully saturated rings. The van der Waals surface area contributed by atoms with Crippen molar-refractivity contribution in [3.8, 4) is 0 Å². The van der Waals surface area contributed by atoms with Crippen LogP contribution in [-0.2, 0) is 6.54 Å². The van der Waals surface area contributed by atoms with Crippen LogP contribution in [-0.4, -0.2) is 47.3 Å². The average Bonchev–Trinajstić information content (AvgIpc) is 2.62. The fraction of sp³-hybridized carbons (Fsp3) is 0.450. The molecule has 25 heavy (non-hydrogen) atoms. The van der Waals surface area contributed by atoms with Crippen molar-refractivity contribution >= 4 is 17.4 Å². The van der Waals surface area contributed by atoms with E-state index in [-0.39, 0.29) is 12.6 Å². The molecule has 1 atom stereocenters. The van der Waals surface area contributed by atoms with Crippen molar-refractivity contribution in [2.24, 2.45) is 0 Å². The fourth-order valence-electron chi connectivity index (χ4n) is 3.43. The number of pyridine rings is 1. The predicted octanol–water partition coefficient (Wildman–Crippen LogP) is 3.43. The molecule has 1 saturated heterocycles. The smallest absolute Gasteiger partial charge is 0.147 e. The summed E-state index contributed by atoms with van der Waals surface area (Å²) in [5.74, 6) is 0.850. The van der Waals surface area contributed by atoms with Crippen LogP contribution in [0.4, 0.5) is 5.82 Å². The van der Waals surface area contributed by atoms with Crippen LogP contribution in [0.15, 0.2) is 36.5 Å².